The molecule has 0 atom stereocenters. The summed E-state index contributed by atoms with van der Waals surface area (Å²) in [6, 6.07) is 13.5. The molecule has 0 aliphatic carbocycles. The van der Waals surface area contributed by atoms with Crippen LogP contribution >= 0.6 is 0 Å². The normalized spacial score (nSPS) is 9.43. The smallest absolute Gasteiger partial charge is 0.128 e. The van der Waals surface area contributed by atoms with E-state index in [1.165, 1.54) is 6.07 Å². The summed E-state index contributed by atoms with van der Waals surface area (Å²) in [5, 5.41) is 27.6. The Labute approximate surface area is 122 Å². The number of hydrogen-bond acceptors (Lipinski definition) is 4. The van der Waals surface area contributed by atoms with Gasteiger partial charge >= 0.3 is 0 Å². The van der Waals surface area contributed by atoms with E-state index in [4.69, 9.17) is 15.3 Å². The molecule has 1 N–H and O–H groups in total. The molecule has 0 amide bonds. The SMILES string of the molecule is C=CCc1cc(Oc2ccc(C#N)c(C#N)c2)ccc1O. The van der Waals surface area contributed by atoms with Crippen molar-refractivity contribution in [3.05, 3.63) is 65.7 Å². The molecule has 0 saturated heterocycles. The van der Waals surface area contributed by atoms with Crippen molar-refractivity contribution in [1.82, 2.24) is 0 Å². The maximum absolute atomic E-state index is 9.70. The largest absolute Gasteiger partial charge is 0.508 e. The van der Waals surface area contributed by atoms with Crippen LogP contribution in [-0.4, -0.2) is 5.11 Å². The highest BCUT2D eigenvalue weighted by Gasteiger charge is 2.06. The van der Waals surface area contributed by atoms with Gasteiger partial charge in [0.15, 0.2) is 0 Å². The fraction of sp³-hybridized carbons (Fsp3) is 0.0588. The molecule has 21 heavy (non-hydrogen) atoms. The van der Waals surface area contributed by atoms with Crippen LogP contribution in [0.5, 0.6) is 17.2 Å². The molecule has 2 aromatic rings. The summed E-state index contributed by atoms with van der Waals surface area (Å²) in [4.78, 5) is 0. The van der Waals surface area contributed by atoms with E-state index >= 15 is 0 Å². The Kier molecular flexibility index (Phi) is 4.23. The van der Waals surface area contributed by atoms with Crippen LogP contribution in [0, 0.1) is 22.7 Å². The second kappa shape index (κ2) is 6.27. The predicted octanol–water partition coefficient (Wildman–Crippen LogP) is 3.66. The van der Waals surface area contributed by atoms with Crippen molar-refractivity contribution in [1.29, 1.82) is 10.5 Å². The van der Waals surface area contributed by atoms with Gasteiger partial charge in [0.1, 0.15) is 29.4 Å². The molecule has 0 radical (unpaired) electrons. The summed E-state index contributed by atoms with van der Waals surface area (Å²) in [5.41, 5.74) is 1.28. The Bertz CT molecular complexity index is 767. The van der Waals surface area contributed by atoms with E-state index in [1.807, 2.05) is 12.1 Å². The lowest BCUT2D eigenvalue weighted by Gasteiger charge is -2.09. The lowest BCUT2D eigenvalue weighted by atomic mass is 10.1. The van der Waals surface area contributed by atoms with Crippen LogP contribution in [0.4, 0.5) is 0 Å². The zero-order valence-corrected chi connectivity index (χ0v) is 11.2. The number of rotatable bonds is 4. The molecule has 0 unspecified atom stereocenters. The molecule has 4 nitrogen and oxygen atoms in total. The molecule has 0 saturated carbocycles. The molecule has 0 aliphatic rings. The first-order chi connectivity index (χ1) is 10.2. The summed E-state index contributed by atoms with van der Waals surface area (Å²) >= 11 is 0. The van der Waals surface area contributed by atoms with E-state index in [2.05, 4.69) is 6.58 Å². The lowest BCUT2D eigenvalue weighted by Crippen LogP contribution is -1.90. The number of hydrogen-bond donors (Lipinski definition) is 1. The standard InChI is InChI=1S/C17H12N2O2/c1-2-3-12-8-16(6-7-17(12)20)21-15-5-4-13(10-18)14(9-15)11-19/h2,4-9,20H,1,3H2. The van der Waals surface area contributed by atoms with Crippen molar-refractivity contribution in [3.8, 4) is 29.4 Å². The Morgan fingerprint density at radius 1 is 1.05 bits per heavy atom. The maximum Gasteiger partial charge on any atom is 0.128 e. The minimum Gasteiger partial charge on any atom is -0.508 e. The van der Waals surface area contributed by atoms with Crippen molar-refractivity contribution < 1.29 is 9.84 Å². The highest BCUT2D eigenvalue weighted by molar-refractivity contribution is 5.50. The molecule has 2 aromatic carbocycles. The van der Waals surface area contributed by atoms with Crippen LogP contribution in [0.2, 0.25) is 0 Å². The number of allylic oxidation sites excluding steroid dienone is 1. The van der Waals surface area contributed by atoms with Gasteiger partial charge in [-0.15, -0.1) is 6.58 Å². The molecular formula is C17H12N2O2. The first-order valence-corrected chi connectivity index (χ1v) is 6.23. The third-order valence-electron chi connectivity index (χ3n) is 2.88. The van der Waals surface area contributed by atoms with E-state index in [1.54, 1.807) is 36.4 Å². The number of aromatic hydroxyl groups is 1. The van der Waals surface area contributed by atoms with Crippen LogP contribution in [0.15, 0.2) is 49.1 Å². The van der Waals surface area contributed by atoms with Gasteiger partial charge in [-0.05, 0) is 42.8 Å². The number of nitriles is 2. The minimum atomic E-state index is 0.180. The Balaban J connectivity index is 2.31. The second-order valence-corrected chi connectivity index (χ2v) is 4.32. The number of benzene rings is 2. The van der Waals surface area contributed by atoms with E-state index in [9.17, 15) is 5.11 Å². The predicted molar refractivity (Wildman–Crippen MR) is 78.0 cm³/mol. The van der Waals surface area contributed by atoms with Gasteiger partial charge in [-0.2, -0.15) is 10.5 Å². The number of nitrogens with zero attached hydrogens (tertiary/aromatic N) is 2. The van der Waals surface area contributed by atoms with E-state index in [0.29, 0.717) is 29.0 Å². The van der Waals surface area contributed by atoms with Gasteiger partial charge in [0, 0.05) is 5.56 Å². The topological polar surface area (TPSA) is 77.0 Å². The van der Waals surface area contributed by atoms with E-state index in [-0.39, 0.29) is 11.3 Å². The number of phenols is 1. The van der Waals surface area contributed by atoms with Gasteiger partial charge in [0.25, 0.3) is 0 Å². The average Bonchev–Trinajstić information content (AvgIpc) is 2.50. The van der Waals surface area contributed by atoms with E-state index in [0.717, 1.165) is 0 Å². The molecule has 0 aliphatic heterocycles. The zero-order chi connectivity index (χ0) is 15.2. The molecule has 0 fully saturated rings. The van der Waals surface area contributed by atoms with Gasteiger partial charge < -0.3 is 9.84 Å². The van der Waals surface area contributed by atoms with Crippen molar-refractivity contribution in [2.24, 2.45) is 0 Å². The summed E-state index contributed by atoms with van der Waals surface area (Å²) in [6.07, 6.45) is 2.22. The first-order valence-electron chi connectivity index (χ1n) is 6.23. The molecule has 4 heteroatoms. The molecule has 0 bridgehead atoms. The van der Waals surface area contributed by atoms with Gasteiger partial charge in [0.2, 0.25) is 0 Å². The summed E-state index contributed by atoms with van der Waals surface area (Å²) < 4.78 is 5.66. The number of phenolic OH excluding ortho intramolecular Hbond substituents is 1. The summed E-state index contributed by atoms with van der Waals surface area (Å²) in [6.45, 7) is 3.63. The average molecular weight is 276 g/mol. The monoisotopic (exact) mass is 276 g/mol. The van der Waals surface area contributed by atoms with E-state index < -0.39 is 0 Å². The molecule has 102 valence electrons. The zero-order valence-electron chi connectivity index (χ0n) is 11.2. The quantitative estimate of drug-likeness (QED) is 0.864. The van der Waals surface area contributed by atoms with Crippen LogP contribution in [-0.2, 0) is 6.42 Å². The summed E-state index contributed by atoms with van der Waals surface area (Å²) in [5.74, 6) is 1.18. The number of ether oxygens (including phenoxy) is 1. The molecule has 0 spiro atoms. The third-order valence-corrected chi connectivity index (χ3v) is 2.88. The van der Waals surface area contributed by atoms with Crippen molar-refractivity contribution in [2.45, 2.75) is 6.42 Å². The van der Waals surface area contributed by atoms with Crippen molar-refractivity contribution in [3.63, 3.8) is 0 Å². The maximum atomic E-state index is 9.70. The third kappa shape index (κ3) is 3.20. The molecule has 2 rings (SSSR count). The highest BCUT2D eigenvalue weighted by Crippen LogP contribution is 2.28. The fourth-order valence-corrected chi connectivity index (χ4v) is 1.86. The first kappa shape index (κ1) is 14.2. The second-order valence-electron chi connectivity index (χ2n) is 4.32. The van der Waals surface area contributed by atoms with Gasteiger partial charge in [-0.25, -0.2) is 0 Å². The molecule has 0 aromatic heterocycles. The van der Waals surface area contributed by atoms with Gasteiger partial charge in [0.05, 0.1) is 11.1 Å². The Morgan fingerprint density at radius 3 is 2.38 bits per heavy atom. The molecule has 0 heterocycles. The van der Waals surface area contributed by atoms with Crippen molar-refractivity contribution >= 4 is 0 Å². The minimum absolute atomic E-state index is 0.180. The Morgan fingerprint density at radius 2 is 1.71 bits per heavy atom. The highest BCUT2D eigenvalue weighted by atomic mass is 16.5. The van der Waals surface area contributed by atoms with Crippen LogP contribution in [0.25, 0.3) is 0 Å². The lowest BCUT2D eigenvalue weighted by molar-refractivity contribution is 0.459. The summed E-state index contributed by atoms with van der Waals surface area (Å²) in [7, 11) is 0. The van der Waals surface area contributed by atoms with Crippen LogP contribution in [0.1, 0.15) is 16.7 Å². The van der Waals surface area contributed by atoms with Crippen LogP contribution in [0.3, 0.4) is 0 Å². The van der Waals surface area contributed by atoms with Gasteiger partial charge in [-0.3, -0.25) is 0 Å². The van der Waals surface area contributed by atoms with Crippen molar-refractivity contribution in [2.75, 3.05) is 0 Å². The Hall–Kier alpha value is -3.24. The van der Waals surface area contributed by atoms with Crippen LogP contribution < -0.4 is 4.74 Å². The van der Waals surface area contributed by atoms with Gasteiger partial charge in [-0.1, -0.05) is 6.08 Å². The molecular weight excluding hydrogens is 264 g/mol. The fourth-order valence-electron chi connectivity index (χ4n) is 1.86.